The minimum Gasteiger partial charge on any atom is -0.488 e. The van der Waals surface area contributed by atoms with Gasteiger partial charge in [0.2, 0.25) is 5.91 Å². The number of rotatable bonds is 6. The lowest BCUT2D eigenvalue weighted by atomic mass is 10.3. The zero-order valence-electron chi connectivity index (χ0n) is 9.90. The van der Waals surface area contributed by atoms with Gasteiger partial charge >= 0.3 is 0 Å². The molecule has 3 nitrogen and oxygen atoms in total. The zero-order chi connectivity index (χ0) is 12.7. The molecule has 1 unspecified atom stereocenters. The second-order valence-electron chi connectivity index (χ2n) is 3.60. The maximum absolute atomic E-state index is 11.3. The Morgan fingerprint density at radius 2 is 2.24 bits per heavy atom. The number of carbonyl (C=O) groups excluding carboxylic acids is 1. The third-order valence-electron chi connectivity index (χ3n) is 2.03. The van der Waals surface area contributed by atoms with Crippen molar-refractivity contribution in [1.29, 1.82) is 0 Å². The number of halogens is 1. The van der Waals surface area contributed by atoms with Crippen LogP contribution in [0.1, 0.15) is 6.92 Å². The van der Waals surface area contributed by atoms with E-state index in [0.29, 0.717) is 12.3 Å². The fourth-order valence-corrected chi connectivity index (χ4v) is 1.98. The highest BCUT2D eigenvalue weighted by atomic mass is 79.9. The Hall–Kier alpha value is -0.680. The monoisotopic (exact) mass is 317 g/mol. The Morgan fingerprint density at radius 1 is 1.53 bits per heavy atom. The molecule has 0 fully saturated rings. The molecule has 0 saturated heterocycles. The normalized spacial score (nSPS) is 11.9. The molecule has 1 N–H and O–H groups in total. The lowest BCUT2D eigenvalue weighted by Gasteiger charge is -2.16. The Kier molecular flexibility index (Phi) is 6.44. The topological polar surface area (TPSA) is 38.3 Å². The van der Waals surface area contributed by atoms with E-state index in [1.165, 1.54) is 11.8 Å². The van der Waals surface area contributed by atoms with Gasteiger partial charge in [-0.1, -0.05) is 12.1 Å². The average molecular weight is 318 g/mol. The number of benzene rings is 1. The van der Waals surface area contributed by atoms with Crippen molar-refractivity contribution in [3.05, 3.63) is 28.7 Å². The van der Waals surface area contributed by atoms with Crippen LogP contribution in [0.4, 0.5) is 0 Å². The van der Waals surface area contributed by atoms with Crippen LogP contribution in [0.15, 0.2) is 28.7 Å². The van der Waals surface area contributed by atoms with Gasteiger partial charge in [-0.05, 0) is 41.2 Å². The fourth-order valence-electron chi connectivity index (χ4n) is 1.24. The first-order valence-corrected chi connectivity index (χ1v) is 7.49. The van der Waals surface area contributed by atoms with E-state index in [0.717, 1.165) is 10.2 Å². The number of carbonyl (C=O) groups is 1. The molecule has 0 aliphatic carbocycles. The lowest BCUT2D eigenvalue weighted by molar-refractivity contribution is -0.118. The molecule has 0 saturated carbocycles. The van der Waals surface area contributed by atoms with E-state index < -0.39 is 0 Å². The molecule has 0 radical (unpaired) electrons. The van der Waals surface area contributed by atoms with Gasteiger partial charge in [-0.15, -0.1) is 0 Å². The molecule has 0 aromatic heterocycles. The van der Waals surface area contributed by atoms with E-state index in [2.05, 4.69) is 21.2 Å². The summed E-state index contributed by atoms with van der Waals surface area (Å²) >= 11 is 4.92. The van der Waals surface area contributed by atoms with E-state index in [9.17, 15) is 4.79 Å². The molecule has 1 amide bonds. The molecular weight excluding hydrogens is 302 g/mol. The Balaban J connectivity index is 2.37. The number of amides is 1. The van der Waals surface area contributed by atoms with Gasteiger partial charge in [0.05, 0.1) is 16.8 Å². The summed E-state index contributed by atoms with van der Waals surface area (Å²) in [4.78, 5) is 11.3. The molecule has 5 heteroatoms. The van der Waals surface area contributed by atoms with Gasteiger partial charge in [0.25, 0.3) is 0 Å². The number of thioether (sulfide) groups is 1. The maximum atomic E-state index is 11.3. The van der Waals surface area contributed by atoms with Crippen molar-refractivity contribution in [2.24, 2.45) is 0 Å². The van der Waals surface area contributed by atoms with Gasteiger partial charge in [0, 0.05) is 0 Å². The molecule has 1 atom stereocenters. The Labute approximate surface area is 114 Å². The van der Waals surface area contributed by atoms with Crippen LogP contribution in [0.5, 0.6) is 5.75 Å². The highest BCUT2D eigenvalue weighted by molar-refractivity contribution is 9.10. The van der Waals surface area contributed by atoms with E-state index >= 15 is 0 Å². The summed E-state index contributed by atoms with van der Waals surface area (Å²) in [5.74, 6) is 1.32. The van der Waals surface area contributed by atoms with Crippen molar-refractivity contribution in [1.82, 2.24) is 5.32 Å². The minimum atomic E-state index is -0.0560. The van der Waals surface area contributed by atoms with Crippen LogP contribution < -0.4 is 10.1 Å². The summed E-state index contributed by atoms with van der Waals surface area (Å²) in [7, 11) is 0. The zero-order valence-corrected chi connectivity index (χ0v) is 12.3. The first-order chi connectivity index (χ1) is 8.13. The summed E-state index contributed by atoms with van der Waals surface area (Å²) in [5, 5.41) is 2.82. The number of ether oxygens (including phenoxy) is 1. The fraction of sp³-hybridized carbons (Fsp3) is 0.417. The molecule has 1 aromatic rings. The second kappa shape index (κ2) is 7.61. The molecule has 0 aliphatic heterocycles. The van der Waals surface area contributed by atoms with Crippen LogP contribution in [-0.4, -0.2) is 30.6 Å². The SMILES string of the molecule is CSCC(=O)NCC(C)Oc1ccccc1Br. The molecule has 0 spiro atoms. The van der Waals surface area contributed by atoms with Gasteiger partial charge in [-0.25, -0.2) is 0 Å². The lowest BCUT2D eigenvalue weighted by Crippen LogP contribution is -2.34. The van der Waals surface area contributed by atoms with E-state index in [1.54, 1.807) is 0 Å². The largest absolute Gasteiger partial charge is 0.488 e. The Bertz CT molecular complexity index is 373. The van der Waals surface area contributed by atoms with Gasteiger partial charge < -0.3 is 10.1 Å². The Morgan fingerprint density at radius 3 is 2.88 bits per heavy atom. The molecule has 94 valence electrons. The average Bonchev–Trinajstić information content (AvgIpc) is 2.30. The van der Waals surface area contributed by atoms with Crippen molar-refractivity contribution < 1.29 is 9.53 Å². The molecule has 1 aromatic carbocycles. The van der Waals surface area contributed by atoms with Crippen LogP contribution in [0.25, 0.3) is 0 Å². The third-order valence-corrected chi connectivity index (χ3v) is 3.23. The van der Waals surface area contributed by atoms with E-state index in [-0.39, 0.29) is 12.0 Å². The van der Waals surface area contributed by atoms with Crippen molar-refractivity contribution >= 4 is 33.6 Å². The molecule has 17 heavy (non-hydrogen) atoms. The summed E-state index contributed by atoms with van der Waals surface area (Å²) in [5.41, 5.74) is 0. The van der Waals surface area contributed by atoms with Crippen molar-refractivity contribution in [3.63, 3.8) is 0 Å². The summed E-state index contributed by atoms with van der Waals surface area (Å²) in [6, 6.07) is 7.67. The number of hydrogen-bond donors (Lipinski definition) is 1. The molecule has 0 heterocycles. The number of nitrogens with one attached hydrogen (secondary N) is 1. The highest BCUT2D eigenvalue weighted by Gasteiger charge is 2.08. The number of hydrogen-bond acceptors (Lipinski definition) is 3. The molecular formula is C12H16BrNO2S. The smallest absolute Gasteiger partial charge is 0.230 e. The predicted molar refractivity (Wildman–Crippen MR) is 75.6 cm³/mol. The van der Waals surface area contributed by atoms with Crippen molar-refractivity contribution in [2.45, 2.75) is 13.0 Å². The van der Waals surface area contributed by atoms with Gasteiger partial charge in [-0.2, -0.15) is 11.8 Å². The second-order valence-corrected chi connectivity index (χ2v) is 5.32. The van der Waals surface area contributed by atoms with E-state index in [4.69, 9.17) is 4.74 Å². The maximum Gasteiger partial charge on any atom is 0.230 e. The predicted octanol–water partition coefficient (Wildman–Crippen LogP) is 2.70. The third kappa shape index (κ3) is 5.46. The molecule has 1 rings (SSSR count). The quantitative estimate of drug-likeness (QED) is 0.876. The standard InChI is InChI=1S/C12H16BrNO2S/c1-9(7-14-12(15)8-17-2)16-11-6-4-3-5-10(11)13/h3-6,9H,7-8H2,1-2H3,(H,14,15). The highest BCUT2D eigenvalue weighted by Crippen LogP contribution is 2.24. The van der Waals surface area contributed by atoms with Crippen molar-refractivity contribution in [3.8, 4) is 5.75 Å². The first kappa shape index (κ1) is 14.4. The van der Waals surface area contributed by atoms with Crippen molar-refractivity contribution in [2.75, 3.05) is 18.6 Å². The summed E-state index contributed by atoms with van der Waals surface area (Å²) in [6.45, 7) is 2.44. The van der Waals surface area contributed by atoms with Gasteiger partial charge in [0.15, 0.2) is 0 Å². The van der Waals surface area contributed by atoms with Crippen LogP contribution in [0.2, 0.25) is 0 Å². The molecule has 0 aliphatic rings. The van der Waals surface area contributed by atoms with Crippen LogP contribution in [0, 0.1) is 0 Å². The van der Waals surface area contributed by atoms with Gasteiger partial charge in [0.1, 0.15) is 11.9 Å². The molecule has 0 bridgehead atoms. The first-order valence-electron chi connectivity index (χ1n) is 5.30. The van der Waals surface area contributed by atoms with Crippen LogP contribution in [0.3, 0.4) is 0 Å². The van der Waals surface area contributed by atoms with Gasteiger partial charge in [-0.3, -0.25) is 4.79 Å². The van der Waals surface area contributed by atoms with Crippen LogP contribution in [-0.2, 0) is 4.79 Å². The minimum absolute atomic E-state index is 0.0417. The van der Waals surface area contributed by atoms with Crippen LogP contribution >= 0.6 is 27.7 Å². The summed E-state index contributed by atoms with van der Waals surface area (Å²) < 4.78 is 6.62. The van der Waals surface area contributed by atoms with E-state index in [1.807, 2.05) is 37.4 Å². The number of para-hydroxylation sites is 1. The summed E-state index contributed by atoms with van der Waals surface area (Å²) in [6.07, 6.45) is 1.85.